The first kappa shape index (κ1) is 28.4. The van der Waals surface area contributed by atoms with Gasteiger partial charge in [-0.2, -0.15) is 0 Å². The molecule has 0 aromatic heterocycles. The molecule has 0 spiro atoms. The normalized spacial score (nSPS) is 11.4. The highest BCUT2D eigenvalue weighted by Gasteiger charge is 2.21. The van der Waals surface area contributed by atoms with Crippen molar-refractivity contribution in [3.8, 4) is 0 Å². The van der Waals surface area contributed by atoms with Gasteiger partial charge in [-0.05, 0) is 25.7 Å². The Morgan fingerprint density at radius 1 is 0.389 bits per heavy atom. The largest absolute Gasteiger partial charge is 0.371 e. The maximum absolute atomic E-state index is 2.73. The van der Waals surface area contributed by atoms with Crippen molar-refractivity contribution in [2.75, 3.05) is 36.0 Å². The predicted molar refractivity (Wildman–Crippen MR) is 164 cm³/mol. The third kappa shape index (κ3) is 7.40. The first-order chi connectivity index (χ1) is 17.8. The molecule has 0 unspecified atom stereocenters. The van der Waals surface area contributed by atoms with E-state index < -0.39 is 0 Å². The fraction of sp³-hybridized carbons (Fsp3) is 0.588. The number of hydrogen-bond donors (Lipinski definition) is 0. The minimum atomic E-state index is 1.15. The first-order valence-electron chi connectivity index (χ1n) is 15.2. The lowest BCUT2D eigenvalue weighted by Crippen LogP contribution is -2.28. The molecule has 0 aliphatic heterocycles. The molecule has 0 saturated carbocycles. The molecule has 0 atom stereocenters. The van der Waals surface area contributed by atoms with Crippen LogP contribution in [0.5, 0.6) is 0 Å². The summed E-state index contributed by atoms with van der Waals surface area (Å²) in [6, 6.07) is 18.6. The van der Waals surface area contributed by atoms with Crippen molar-refractivity contribution < 1.29 is 0 Å². The molecule has 0 bridgehead atoms. The van der Waals surface area contributed by atoms with Gasteiger partial charge >= 0.3 is 0 Å². The lowest BCUT2D eigenvalue weighted by Gasteiger charge is -2.33. The second-order valence-corrected chi connectivity index (χ2v) is 10.6. The second-order valence-electron chi connectivity index (χ2n) is 10.6. The molecule has 198 valence electrons. The van der Waals surface area contributed by atoms with Gasteiger partial charge in [0.1, 0.15) is 0 Å². The zero-order valence-corrected chi connectivity index (χ0v) is 23.8. The van der Waals surface area contributed by atoms with E-state index in [1.54, 1.807) is 0 Å². The van der Waals surface area contributed by atoms with E-state index in [2.05, 4.69) is 86.0 Å². The molecule has 0 aliphatic rings. The standard InChI is InChI=1S/C34H52N2/c1-5-9-17-25-35(26-18-10-6-2)33-29-21-13-15-23-31(29)34(32-24-16-14-22-30(32)33)36(27-19-11-7-3)28-20-12-8-4/h13-16,21-24H,5-12,17-20,25-28H2,1-4H3. The van der Waals surface area contributed by atoms with Crippen LogP contribution in [0.3, 0.4) is 0 Å². The molecule has 0 N–H and O–H groups in total. The summed E-state index contributed by atoms with van der Waals surface area (Å²) in [4.78, 5) is 5.47. The summed E-state index contributed by atoms with van der Waals surface area (Å²) >= 11 is 0. The third-order valence-electron chi connectivity index (χ3n) is 7.63. The van der Waals surface area contributed by atoms with Crippen molar-refractivity contribution in [3.63, 3.8) is 0 Å². The summed E-state index contributed by atoms with van der Waals surface area (Å²) in [5, 5.41) is 5.76. The van der Waals surface area contributed by atoms with Gasteiger partial charge in [-0.1, -0.05) is 128 Å². The van der Waals surface area contributed by atoms with Crippen LogP contribution in [-0.2, 0) is 0 Å². The van der Waals surface area contributed by atoms with Crippen molar-refractivity contribution in [2.24, 2.45) is 0 Å². The topological polar surface area (TPSA) is 6.48 Å². The number of hydrogen-bond acceptors (Lipinski definition) is 2. The molecule has 36 heavy (non-hydrogen) atoms. The Bertz CT molecular complexity index is 865. The molecule has 0 fully saturated rings. The van der Waals surface area contributed by atoms with Gasteiger partial charge in [0.05, 0.1) is 11.4 Å². The van der Waals surface area contributed by atoms with E-state index >= 15 is 0 Å². The molecule has 0 heterocycles. The number of fused-ring (bicyclic) bond motifs is 2. The van der Waals surface area contributed by atoms with Crippen molar-refractivity contribution in [2.45, 2.75) is 105 Å². The van der Waals surface area contributed by atoms with Gasteiger partial charge in [-0.25, -0.2) is 0 Å². The molecule has 0 aliphatic carbocycles. The molecular weight excluding hydrogens is 436 g/mol. The molecule has 2 heteroatoms. The van der Waals surface area contributed by atoms with Crippen LogP contribution in [0.15, 0.2) is 48.5 Å². The average Bonchev–Trinajstić information content (AvgIpc) is 2.91. The first-order valence-corrected chi connectivity index (χ1v) is 15.2. The Labute approximate surface area is 222 Å². The Morgan fingerprint density at radius 3 is 0.861 bits per heavy atom. The third-order valence-corrected chi connectivity index (χ3v) is 7.63. The van der Waals surface area contributed by atoms with Gasteiger partial charge < -0.3 is 9.80 Å². The maximum atomic E-state index is 2.73. The summed E-state index contributed by atoms with van der Waals surface area (Å²) in [7, 11) is 0. The zero-order valence-electron chi connectivity index (χ0n) is 23.8. The summed E-state index contributed by atoms with van der Waals surface area (Å²) < 4.78 is 0. The van der Waals surface area contributed by atoms with E-state index in [1.807, 2.05) is 0 Å². The number of benzene rings is 3. The van der Waals surface area contributed by atoms with Crippen LogP contribution in [-0.4, -0.2) is 26.2 Å². The van der Waals surface area contributed by atoms with Gasteiger partial charge in [-0.3, -0.25) is 0 Å². The predicted octanol–water partition coefficient (Wildman–Crippen LogP) is 10.4. The monoisotopic (exact) mass is 488 g/mol. The van der Waals surface area contributed by atoms with Gasteiger partial charge in [0.2, 0.25) is 0 Å². The van der Waals surface area contributed by atoms with Gasteiger partial charge in [0.15, 0.2) is 0 Å². The van der Waals surface area contributed by atoms with Gasteiger partial charge in [0, 0.05) is 47.7 Å². The van der Waals surface area contributed by atoms with Crippen LogP contribution in [0.2, 0.25) is 0 Å². The Morgan fingerprint density at radius 2 is 0.639 bits per heavy atom. The fourth-order valence-corrected chi connectivity index (χ4v) is 5.65. The number of nitrogens with zero attached hydrogens (tertiary/aromatic N) is 2. The summed E-state index contributed by atoms with van der Waals surface area (Å²) in [6.45, 7) is 13.9. The smallest absolute Gasteiger partial charge is 0.0527 e. The van der Waals surface area contributed by atoms with E-state index in [4.69, 9.17) is 0 Å². The Balaban J connectivity index is 2.18. The Hall–Kier alpha value is -2.22. The summed E-state index contributed by atoms with van der Waals surface area (Å²) in [5.74, 6) is 0. The molecular formula is C34H52N2. The van der Waals surface area contributed by atoms with Crippen molar-refractivity contribution in [1.82, 2.24) is 0 Å². The highest BCUT2D eigenvalue weighted by Crippen LogP contribution is 2.43. The highest BCUT2D eigenvalue weighted by atomic mass is 15.1. The van der Waals surface area contributed by atoms with Crippen LogP contribution in [0.1, 0.15) is 105 Å². The van der Waals surface area contributed by atoms with Crippen LogP contribution >= 0.6 is 0 Å². The van der Waals surface area contributed by atoms with E-state index in [0.717, 1.165) is 26.2 Å². The van der Waals surface area contributed by atoms with Gasteiger partial charge in [0.25, 0.3) is 0 Å². The maximum Gasteiger partial charge on any atom is 0.0527 e. The molecule has 0 radical (unpaired) electrons. The number of anilines is 2. The quantitative estimate of drug-likeness (QED) is 0.0998. The van der Waals surface area contributed by atoms with E-state index in [0.29, 0.717) is 0 Å². The molecule has 2 nitrogen and oxygen atoms in total. The van der Waals surface area contributed by atoms with Crippen molar-refractivity contribution >= 4 is 32.9 Å². The molecule has 3 aromatic rings. The van der Waals surface area contributed by atoms with Crippen LogP contribution in [0, 0.1) is 0 Å². The fourth-order valence-electron chi connectivity index (χ4n) is 5.65. The molecule has 3 aromatic carbocycles. The van der Waals surface area contributed by atoms with Crippen LogP contribution < -0.4 is 9.80 Å². The lowest BCUT2D eigenvalue weighted by atomic mass is 9.96. The summed E-state index contributed by atoms with van der Waals surface area (Å²) in [5.41, 5.74) is 2.94. The second kappa shape index (κ2) is 15.8. The van der Waals surface area contributed by atoms with Crippen molar-refractivity contribution in [1.29, 1.82) is 0 Å². The van der Waals surface area contributed by atoms with Crippen LogP contribution in [0.25, 0.3) is 21.5 Å². The molecule has 3 rings (SSSR count). The van der Waals surface area contributed by atoms with E-state index in [1.165, 1.54) is 110 Å². The SMILES string of the molecule is CCCCCN(CCCCC)c1c2ccccc2c(N(CCCCC)CCCCC)c2ccccc12. The molecule has 0 amide bonds. The zero-order chi connectivity index (χ0) is 25.6. The average molecular weight is 489 g/mol. The van der Waals surface area contributed by atoms with E-state index in [-0.39, 0.29) is 0 Å². The number of unbranched alkanes of at least 4 members (excludes halogenated alkanes) is 8. The van der Waals surface area contributed by atoms with Crippen LogP contribution in [0.4, 0.5) is 11.4 Å². The lowest BCUT2D eigenvalue weighted by molar-refractivity contribution is 0.637. The molecule has 0 saturated heterocycles. The van der Waals surface area contributed by atoms with E-state index in [9.17, 15) is 0 Å². The van der Waals surface area contributed by atoms with Gasteiger partial charge in [-0.15, -0.1) is 0 Å². The number of rotatable bonds is 18. The highest BCUT2D eigenvalue weighted by molar-refractivity contribution is 6.20. The Kier molecular flexibility index (Phi) is 12.4. The minimum absolute atomic E-state index is 1.15. The minimum Gasteiger partial charge on any atom is -0.371 e. The van der Waals surface area contributed by atoms with Crippen molar-refractivity contribution in [3.05, 3.63) is 48.5 Å². The summed E-state index contributed by atoms with van der Waals surface area (Å²) in [6.07, 6.45) is 15.4.